The average molecular weight is 225 g/mol. The first-order chi connectivity index (χ1) is 7.23. The summed E-state index contributed by atoms with van der Waals surface area (Å²) in [4.78, 5) is 1.34. The van der Waals surface area contributed by atoms with Crippen LogP contribution in [-0.2, 0) is 4.74 Å². The van der Waals surface area contributed by atoms with Crippen LogP contribution in [0.5, 0.6) is 0 Å². The highest BCUT2D eigenvalue weighted by molar-refractivity contribution is 7.10. The van der Waals surface area contributed by atoms with Gasteiger partial charge in [-0.15, -0.1) is 11.3 Å². The van der Waals surface area contributed by atoms with Crippen molar-refractivity contribution in [2.45, 2.75) is 38.3 Å². The predicted molar refractivity (Wildman–Crippen MR) is 64.3 cm³/mol. The van der Waals surface area contributed by atoms with E-state index < -0.39 is 0 Å². The molecule has 84 valence electrons. The van der Waals surface area contributed by atoms with Gasteiger partial charge in [-0.1, -0.05) is 13.0 Å². The second kappa shape index (κ2) is 4.64. The number of thiophene rings is 1. The summed E-state index contributed by atoms with van der Waals surface area (Å²) >= 11 is 1.78. The van der Waals surface area contributed by atoms with Crippen molar-refractivity contribution in [3.8, 4) is 0 Å². The maximum atomic E-state index is 5.89. The molecule has 1 aliphatic rings. The summed E-state index contributed by atoms with van der Waals surface area (Å²) < 4.78 is 5.89. The van der Waals surface area contributed by atoms with Gasteiger partial charge in [-0.3, -0.25) is 0 Å². The van der Waals surface area contributed by atoms with E-state index in [4.69, 9.17) is 4.74 Å². The van der Waals surface area contributed by atoms with Gasteiger partial charge in [0.15, 0.2) is 0 Å². The molecule has 0 aromatic carbocycles. The van der Waals surface area contributed by atoms with Crippen LogP contribution in [0.2, 0.25) is 0 Å². The van der Waals surface area contributed by atoms with Gasteiger partial charge < -0.3 is 10.1 Å². The van der Waals surface area contributed by atoms with E-state index in [1.165, 1.54) is 4.88 Å². The zero-order valence-corrected chi connectivity index (χ0v) is 10.3. The number of hydrogen-bond donors (Lipinski definition) is 1. The summed E-state index contributed by atoms with van der Waals surface area (Å²) in [7, 11) is 0. The molecule has 0 bridgehead atoms. The topological polar surface area (TPSA) is 21.3 Å². The van der Waals surface area contributed by atoms with Crippen molar-refractivity contribution in [2.24, 2.45) is 0 Å². The molecule has 1 aliphatic heterocycles. The predicted octanol–water partition coefficient (Wildman–Crippen LogP) is 2.97. The van der Waals surface area contributed by atoms with Gasteiger partial charge in [-0.05, 0) is 31.2 Å². The molecule has 0 spiro atoms. The van der Waals surface area contributed by atoms with Gasteiger partial charge in [0.05, 0.1) is 0 Å². The normalized spacial score (nSPS) is 32.5. The second-order valence-electron chi connectivity index (χ2n) is 4.42. The van der Waals surface area contributed by atoms with Crippen molar-refractivity contribution < 1.29 is 4.74 Å². The molecule has 0 radical (unpaired) electrons. The molecule has 0 aliphatic carbocycles. The molecular weight excluding hydrogens is 206 g/mol. The van der Waals surface area contributed by atoms with Crippen molar-refractivity contribution in [1.82, 2.24) is 5.32 Å². The molecule has 2 heterocycles. The Bertz CT molecular complexity index is 299. The average Bonchev–Trinajstić information content (AvgIpc) is 2.70. The monoisotopic (exact) mass is 225 g/mol. The Morgan fingerprint density at radius 3 is 3.20 bits per heavy atom. The van der Waals surface area contributed by atoms with E-state index in [1.54, 1.807) is 11.3 Å². The highest BCUT2D eigenvalue weighted by Gasteiger charge is 2.27. The SMILES string of the molecule is CCC1(C)CCOC(c2cccs2)CN1. The molecule has 1 saturated heterocycles. The quantitative estimate of drug-likeness (QED) is 0.835. The molecular formula is C12H19NOS. The molecule has 1 fully saturated rings. The molecule has 3 heteroatoms. The maximum absolute atomic E-state index is 5.89. The lowest BCUT2D eigenvalue weighted by Gasteiger charge is -2.27. The van der Waals surface area contributed by atoms with Crippen LogP contribution < -0.4 is 5.32 Å². The van der Waals surface area contributed by atoms with Crippen molar-refractivity contribution in [1.29, 1.82) is 0 Å². The third-order valence-corrected chi connectivity index (χ3v) is 4.29. The molecule has 0 amide bonds. The zero-order valence-electron chi connectivity index (χ0n) is 9.45. The van der Waals surface area contributed by atoms with Gasteiger partial charge in [0.2, 0.25) is 0 Å². The van der Waals surface area contributed by atoms with Crippen LogP contribution in [-0.4, -0.2) is 18.7 Å². The fraction of sp³-hybridized carbons (Fsp3) is 0.667. The lowest BCUT2D eigenvalue weighted by Crippen LogP contribution is -2.42. The first kappa shape index (κ1) is 11.1. The summed E-state index contributed by atoms with van der Waals surface area (Å²) in [6.45, 7) is 6.32. The van der Waals surface area contributed by atoms with E-state index in [1.807, 2.05) is 0 Å². The van der Waals surface area contributed by atoms with Gasteiger partial charge in [0.1, 0.15) is 6.10 Å². The molecule has 2 unspecified atom stereocenters. The molecule has 15 heavy (non-hydrogen) atoms. The summed E-state index contributed by atoms with van der Waals surface area (Å²) in [5.41, 5.74) is 0.256. The smallest absolute Gasteiger partial charge is 0.104 e. The van der Waals surface area contributed by atoms with Crippen molar-refractivity contribution in [3.05, 3.63) is 22.4 Å². The summed E-state index contributed by atoms with van der Waals surface area (Å²) in [5.74, 6) is 0. The zero-order chi connectivity index (χ0) is 10.7. The van der Waals surface area contributed by atoms with Crippen LogP contribution in [0.1, 0.15) is 37.7 Å². The van der Waals surface area contributed by atoms with Crippen LogP contribution in [0.15, 0.2) is 17.5 Å². The highest BCUT2D eigenvalue weighted by Crippen LogP contribution is 2.27. The third kappa shape index (κ3) is 2.60. The number of hydrogen-bond acceptors (Lipinski definition) is 3. The Balaban J connectivity index is 2.02. The Labute approximate surface area is 95.6 Å². The van der Waals surface area contributed by atoms with Crippen molar-refractivity contribution >= 4 is 11.3 Å². The molecule has 2 nitrogen and oxygen atoms in total. The van der Waals surface area contributed by atoms with Gasteiger partial charge in [0.25, 0.3) is 0 Å². The van der Waals surface area contributed by atoms with E-state index in [2.05, 4.69) is 36.7 Å². The molecule has 1 N–H and O–H groups in total. The number of ether oxygens (including phenoxy) is 1. The van der Waals surface area contributed by atoms with Crippen molar-refractivity contribution in [3.63, 3.8) is 0 Å². The summed E-state index contributed by atoms with van der Waals surface area (Å²) in [5, 5.41) is 5.74. The Morgan fingerprint density at radius 1 is 1.67 bits per heavy atom. The molecule has 0 saturated carbocycles. The van der Waals surface area contributed by atoms with Crippen molar-refractivity contribution in [2.75, 3.05) is 13.2 Å². The van der Waals surface area contributed by atoms with E-state index in [-0.39, 0.29) is 11.6 Å². The Kier molecular flexibility index (Phi) is 3.44. The minimum absolute atomic E-state index is 0.248. The maximum Gasteiger partial charge on any atom is 0.104 e. The van der Waals surface area contributed by atoms with E-state index >= 15 is 0 Å². The van der Waals surface area contributed by atoms with Crippen LogP contribution >= 0.6 is 11.3 Å². The molecule has 1 aromatic rings. The standard InChI is InChI=1S/C12H19NOS/c1-3-12(2)6-7-14-10(9-13-12)11-5-4-8-15-11/h4-5,8,10,13H,3,6-7,9H2,1-2H3. The van der Waals surface area contributed by atoms with Crippen LogP contribution in [0.3, 0.4) is 0 Å². The lowest BCUT2D eigenvalue weighted by molar-refractivity contribution is 0.0677. The van der Waals surface area contributed by atoms with Crippen LogP contribution in [0.25, 0.3) is 0 Å². The molecule has 1 aromatic heterocycles. The summed E-state index contributed by atoms with van der Waals surface area (Å²) in [6, 6.07) is 4.25. The first-order valence-corrected chi connectivity index (χ1v) is 6.51. The minimum Gasteiger partial charge on any atom is -0.371 e. The fourth-order valence-electron chi connectivity index (χ4n) is 1.87. The van der Waals surface area contributed by atoms with Gasteiger partial charge >= 0.3 is 0 Å². The van der Waals surface area contributed by atoms with E-state index in [9.17, 15) is 0 Å². The van der Waals surface area contributed by atoms with E-state index in [0.717, 1.165) is 26.0 Å². The molecule has 2 atom stereocenters. The first-order valence-electron chi connectivity index (χ1n) is 5.63. The van der Waals surface area contributed by atoms with Gasteiger partial charge in [-0.25, -0.2) is 0 Å². The number of rotatable bonds is 2. The molecule has 2 rings (SSSR count). The van der Waals surface area contributed by atoms with E-state index in [0.29, 0.717) is 0 Å². The van der Waals surface area contributed by atoms with Gasteiger partial charge in [-0.2, -0.15) is 0 Å². The van der Waals surface area contributed by atoms with Crippen LogP contribution in [0.4, 0.5) is 0 Å². The highest BCUT2D eigenvalue weighted by atomic mass is 32.1. The van der Waals surface area contributed by atoms with Gasteiger partial charge in [0, 0.05) is 23.6 Å². The fourth-order valence-corrected chi connectivity index (χ4v) is 2.65. The largest absolute Gasteiger partial charge is 0.371 e. The number of nitrogens with one attached hydrogen (secondary N) is 1. The second-order valence-corrected chi connectivity index (χ2v) is 5.40. The summed E-state index contributed by atoms with van der Waals surface area (Å²) in [6.07, 6.45) is 2.51. The minimum atomic E-state index is 0.248. The van der Waals surface area contributed by atoms with Crippen LogP contribution in [0, 0.1) is 0 Å². The Morgan fingerprint density at radius 2 is 2.53 bits per heavy atom. The third-order valence-electron chi connectivity index (χ3n) is 3.33. The lowest BCUT2D eigenvalue weighted by atomic mass is 9.95. The Hall–Kier alpha value is -0.380.